The number of aliphatic hydroxyl groups excluding tert-OH is 1. The molecule has 0 aliphatic heterocycles. The average Bonchev–Trinajstić information content (AvgIpc) is 2.59. The molecule has 0 amide bonds. The monoisotopic (exact) mass is 335 g/mol. The van der Waals surface area contributed by atoms with Crippen molar-refractivity contribution in [3.8, 4) is 0 Å². The molecule has 0 saturated heterocycles. The summed E-state index contributed by atoms with van der Waals surface area (Å²) in [7, 11) is 0. The molecule has 2 aromatic rings. The number of pyridine rings is 1. The minimum Gasteiger partial charge on any atom is -0.388 e. The molecule has 2 atom stereocenters. The molecule has 4 heteroatoms. The van der Waals surface area contributed by atoms with Gasteiger partial charge < -0.3 is 5.11 Å². The first-order valence-corrected chi connectivity index (χ1v) is 8.07. The summed E-state index contributed by atoms with van der Waals surface area (Å²) >= 11 is 12.2. The number of nitrogens with zero attached hydrogens (tertiary/aromatic N) is 1. The van der Waals surface area contributed by atoms with Gasteiger partial charge in [0.2, 0.25) is 0 Å². The Balaban J connectivity index is 2.34. The van der Waals surface area contributed by atoms with E-state index in [9.17, 15) is 5.11 Å². The van der Waals surface area contributed by atoms with Gasteiger partial charge in [0, 0.05) is 29.2 Å². The van der Waals surface area contributed by atoms with Crippen molar-refractivity contribution >= 4 is 23.2 Å². The highest BCUT2D eigenvalue weighted by Crippen LogP contribution is 2.37. The summed E-state index contributed by atoms with van der Waals surface area (Å²) in [6.45, 7) is 1.91. The summed E-state index contributed by atoms with van der Waals surface area (Å²) in [5.41, 5.74) is 2.76. The molecule has 0 radical (unpaired) electrons. The topological polar surface area (TPSA) is 33.1 Å². The van der Waals surface area contributed by atoms with Crippen molar-refractivity contribution in [2.75, 3.05) is 5.88 Å². The van der Waals surface area contributed by atoms with E-state index >= 15 is 0 Å². The number of alkyl halides is 1. The molecule has 2 nitrogen and oxygen atoms in total. The van der Waals surface area contributed by atoms with Gasteiger partial charge in [-0.05, 0) is 36.1 Å². The van der Waals surface area contributed by atoms with Crippen LogP contribution < -0.4 is 0 Å². The quantitative estimate of drug-likeness (QED) is 0.750. The van der Waals surface area contributed by atoms with Gasteiger partial charge in [0.25, 0.3) is 0 Å². The molecule has 116 valence electrons. The minimum atomic E-state index is -0.673. The zero-order valence-electron chi connectivity index (χ0n) is 12.4. The smallest absolute Gasteiger partial charge is 0.0876 e. The first-order valence-electron chi connectivity index (χ1n) is 7.16. The number of benzene rings is 1. The molecular weight excluding hydrogens is 317 g/mol. The van der Waals surface area contributed by atoms with Crippen LogP contribution in [0.3, 0.4) is 0 Å². The summed E-state index contributed by atoms with van der Waals surface area (Å²) in [6, 6.07) is 13.6. The van der Waals surface area contributed by atoms with Crippen LogP contribution in [0.15, 0.2) is 65.5 Å². The van der Waals surface area contributed by atoms with Gasteiger partial charge in [-0.2, -0.15) is 0 Å². The molecule has 0 bridgehead atoms. The normalized spacial score (nSPS) is 15.1. The van der Waals surface area contributed by atoms with E-state index in [2.05, 4.69) is 4.98 Å². The van der Waals surface area contributed by atoms with E-state index in [4.69, 9.17) is 23.2 Å². The fourth-order valence-corrected chi connectivity index (χ4v) is 2.80. The molecule has 0 aliphatic carbocycles. The number of allylic oxidation sites excluding steroid dienone is 2. The van der Waals surface area contributed by atoms with Crippen molar-refractivity contribution < 1.29 is 5.11 Å². The second-order valence-electron chi connectivity index (χ2n) is 5.27. The Morgan fingerprint density at radius 1 is 1.14 bits per heavy atom. The van der Waals surface area contributed by atoms with Gasteiger partial charge in [0.15, 0.2) is 0 Å². The Bertz CT molecular complexity index is 613. The molecule has 0 saturated carbocycles. The number of aliphatic hydroxyl groups is 1. The van der Waals surface area contributed by atoms with E-state index < -0.39 is 6.10 Å². The van der Waals surface area contributed by atoms with Gasteiger partial charge in [0.05, 0.1) is 6.10 Å². The first-order chi connectivity index (χ1) is 10.6. The van der Waals surface area contributed by atoms with E-state index in [1.54, 1.807) is 12.4 Å². The van der Waals surface area contributed by atoms with E-state index in [-0.39, 0.29) is 5.92 Å². The highest BCUT2D eigenvalue weighted by Gasteiger charge is 2.24. The molecule has 1 N–H and O–H groups in total. The predicted molar refractivity (Wildman–Crippen MR) is 92.3 cm³/mol. The maximum absolute atomic E-state index is 10.8. The molecular formula is C18H19Cl2NO. The van der Waals surface area contributed by atoms with Crippen LogP contribution in [0.25, 0.3) is 0 Å². The molecule has 1 aromatic heterocycles. The first kappa shape index (κ1) is 17.0. The van der Waals surface area contributed by atoms with Crippen LogP contribution in [0.1, 0.15) is 36.5 Å². The third-order valence-corrected chi connectivity index (χ3v) is 4.58. The van der Waals surface area contributed by atoms with Crippen LogP contribution in [-0.2, 0) is 0 Å². The Kier molecular flexibility index (Phi) is 6.44. The minimum absolute atomic E-state index is 0.143. The standard InChI is InChI=1S/C18H19Cl2NO/c1-13(11-19)17(20)10-16(14-6-3-2-4-7-14)18(22)15-8-5-9-21-12-15/h2-9,12,16,18,22H,10-11H2,1H3/b17-13-. The van der Waals surface area contributed by atoms with Gasteiger partial charge in [0.1, 0.15) is 0 Å². The molecule has 0 spiro atoms. The number of aromatic nitrogens is 1. The van der Waals surface area contributed by atoms with Crippen molar-refractivity contribution in [3.63, 3.8) is 0 Å². The van der Waals surface area contributed by atoms with E-state index in [0.29, 0.717) is 17.3 Å². The Morgan fingerprint density at radius 3 is 2.41 bits per heavy atom. The van der Waals surface area contributed by atoms with Gasteiger partial charge >= 0.3 is 0 Å². The number of hydrogen-bond acceptors (Lipinski definition) is 2. The van der Waals surface area contributed by atoms with Crippen LogP contribution in [0.4, 0.5) is 0 Å². The largest absolute Gasteiger partial charge is 0.388 e. The van der Waals surface area contributed by atoms with Crippen molar-refractivity contribution in [1.82, 2.24) is 4.98 Å². The zero-order chi connectivity index (χ0) is 15.9. The second-order valence-corrected chi connectivity index (χ2v) is 5.99. The highest BCUT2D eigenvalue weighted by molar-refractivity contribution is 6.31. The maximum Gasteiger partial charge on any atom is 0.0876 e. The summed E-state index contributed by atoms with van der Waals surface area (Å²) in [5.74, 6) is 0.250. The van der Waals surface area contributed by atoms with Crippen molar-refractivity contribution in [2.45, 2.75) is 25.4 Å². The molecule has 0 fully saturated rings. The van der Waals surface area contributed by atoms with Crippen LogP contribution in [0.2, 0.25) is 0 Å². The van der Waals surface area contributed by atoms with Crippen LogP contribution >= 0.6 is 23.2 Å². The predicted octanol–water partition coefficient (Wildman–Crippen LogP) is 5.04. The lowest BCUT2D eigenvalue weighted by atomic mass is 9.86. The lowest BCUT2D eigenvalue weighted by Crippen LogP contribution is -2.12. The molecule has 2 rings (SSSR count). The maximum atomic E-state index is 10.8. The Morgan fingerprint density at radius 2 is 1.82 bits per heavy atom. The Hall–Kier alpha value is -1.35. The second kappa shape index (κ2) is 8.33. The SMILES string of the molecule is C/C(CCl)=C(/Cl)CC(c1ccccc1)C(O)c1cccnc1. The molecule has 2 unspecified atom stereocenters. The van der Waals surface area contributed by atoms with Gasteiger partial charge in [-0.3, -0.25) is 4.98 Å². The van der Waals surface area contributed by atoms with Crippen molar-refractivity contribution in [3.05, 3.63) is 76.6 Å². The lowest BCUT2D eigenvalue weighted by Gasteiger charge is -2.24. The summed E-state index contributed by atoms with van der Waals surface area (Å²) in [6.07, 6.45) is 3.25. The molecule has 0 aliphatic rings. The van der Waals surface area contributed by atoms with Crippen LogP contribution in [0.5, 0.6) is 0 Å². The number of halogens is 2. The number of hydrogen-bond donors (Lipinski definition) is 1. The van der Waals surface area contributed by atoms with Crippen molar-refractivity contribution in [2.24, 2.45) is 0 Å². The van der Waals surface area contributed by atoms with Gasteiger partial charge in [-0.1, -0.05) is 48.0 Å². The lowest BCUT2D eigenvalue weighted by molar-refractivity contribution is 0.144. The van der Waals surface area contributed by atoms with Crippen molar-refractivity contribution in [1.29, 1.82) is 0 Å². The fraction of sp³-hybridized carbons (Fsp3) is 0.278. The fourth-order valence-electron chi connectivity index (χ4n) is 2.34. The third kappa shape index (κ3) is 4.33. The molecule has 1 aromatic carbocycles. The van der Waals surface area contributed by atoms with Crippen LogP contribution in [0, 0.1) is 0 Å². The zero-order valence-corrected chi connectivity index (χ0v) is 13.9. The summed E-state index contributed by atoms with van der Waals surface area (Å²) < 4.78 is 0. The molecule has 1 heterocycles. The van der Waals surface area contributed by atoms with E-state index in [0.717, 1.165) is 16.7 Å². The Labute approximate surface area is 141 Å². The number of rotatable bonds is 6. The molecule has 22 heavy (non-hydrogen) atoms. The average molecular weight is 336 g/mol. The van der Waals surface area contributed by atoms with E-state index in [1.165, 1.54) is 0 Å². The van der Waals surface area contributed by atoms with E-state index in [1.807, 2.05) is 49.4 Å². The summed E-state index contributed by atoms with van der Waals surface area (Å²) in [5, 5.41) is 11.5. The highest BCUT2D eigenvalue weighted by atomic mass is 35.5. The third-order valence-electron chi connectivity index (χ3n) is 3.70. The van der Waals surface area contributed by atoms with Gasteiger partial charge in [-0.15, -0.1) is 11.6 Å². The summed E-state index contributed by atoms with van der Waals surface area (Å²) in [4.78, 5) is 4.09. The van der Waals surface area contributed by atoms with Crippen LogP contribution in [-0.4, -0.2) is 16.0 Å². The van der Waals surface area contributed by atoms with Gasteiger partial charge in [-0.25, -0.2) is 0 Å².